The zero-order valence-corrected chi connectivity index (χ0v) is 10.4. The van der Waals surface area contributed by atoms with Gasteiger partial charge in [-0.15, -0.1) is 0 Å². The summed E-state index contributed by atoms with van der Waals surface area (Å²) in [5.41, 5.74) is -1.73. The summed E-state index contributed by atoms with van der Waals surface area (Å²) in [5, 5.41) is 28.2. The number of hydrogen-bond acceptors (Lipinski definition) is 5. The molecule has 0 aliphatic heterocycles. The zero-order valence-electron chi connectivity index (χ0n) is 10.4. The maximum atomic E-state index is 13.7. The second kappa shape index (κ2) is 6.72. The Morgan fingerprint density at radius 3 is 2.10 bits per heavy atom. The van der Waals surface area contributed by atoms with E-state index < -0.39 is 28.6 Å². The van der Waals surface area contributed by atoms with Crippen molar-refractivity contribution >= 4 is 5.69 Å². The van der Waals surface area contributed by atoms with Gasteiger partial charge in [-0.05, 0) is 6.92 Å². The summed E-state index contributed by atoms with van der Waals surface area (Å²) in [5.74, 6) is -2.01. The van der Waals surface area contributed by atoms with Gasteiger partial charge in [0.1, 0.15) is 35.3 Å². The molecule has 0 radical (unpaired) electrons. The Hall–Kier alpha value is -3.11. The summed E-state index contributed by atoms with van der Waals surface area (Å²) >= 11 is 0. The van der Waals surface area contributed by atoms with Crippen molar-refractivity contribution in [3.8, 4) is 24.0 Å². The first kappa shape index (κ1) is 14.9. The molecule has 20 heavy (non-hydrogen) atoms. The van der Waals surface area contributed by atoms with Gasteiger partial charge in [-0.3, -0.25) is 0 Å². The summed E-state index contributed by atoms with van der Waals surface area (Å²) in [4.78, 5) is 0. The molecule has 0 saturated carbocycles. The smallest absolute Gasteiger partial charge is 0.163 e. The van der Waals surface area contributed by atoms with Crippen LogP contribution < -0.4 is 10.1 Å². The second-order valence-electron chi connectivity index (χ2n) is 3.41. The van der Waals surface area contributed by atoms with E-state index >= 15 is 0 Å². The first-order valence-electron chi connectivity index (χ1n) is 5.40. The third-order valence-electron chi connectivity index (χ3n) is 2.16. The molecule has 0 atom stereocenters. The summed E-state index contributed by atoms with van der Waals surface area (Å²) < 4.78 is 32.4. The molecule has 0 fully saturated rings. The molecule has 1 aromatic carbocycles. The van der Waals surface area contributed by atoms with Crippen LogP contribution in [-0.2, 0) is 0 Å². The van der Waals surface area contributed by atoms with Gasteiger partial charge in [-0.25, -0.2) is 8.78 Å². The van der Waals surface area contributed by atoms with E-state index in [1.807, 2.05) is 0 Å². The molecule has 0 aromatic heterocycles. The number of rotatable bonds is 4. The van der Waals surface area contributed by atoms with Gasteiger partial charge in [-0.1, -0.05) is 0 Å². The van der Waals surface area contributed by atoms with Gasteiger partial charge in [0.2, 0.25) is 0 Å². The lowest BCUT2D eigenvalue weighted by Crippen LogP contribution is -2.05. The Balaban J connectivity index is 3.24. The van der Waals surface area contributed by atoms with Gasteiger partial charge in [0.25, 0.3) is 0 Å². The minimum Gasteiger partial charge on any atom is -0.494 e. The molecule has 5 nitrogen and oxygen atoms in total. The first-order chi connectivity index (χ1) is 9.57. The highest BCUT2D eigenvalue weighted by molar-refractivity contribution is 5.60. The molecule has 0 aliphatic rings. The second-order valence-corrected chi connectivity index (χ2v) is 3.41. The average molecular weight is 274 g/mol. The van der Waals surface area contributed by atoms with E-state index in [9.17, 15) is 8.78 Å². The Kier molecular flexibility index (Phi) is 5.03. The van der Waals surface area contributed by atoms with Crippen LogP contribution in [0, 0.1) is 45.6 Å². The van der Waals surface area contributed by atoms with Crippen LogP contribution in [0.3, 0.4) is 0 Å². The van der Waals surface area contributed by atoms with E-state index in [1.54, 1.807) is 6.92 Å². The van der Waals surface area contributed by atoms with Crippen molar-refractivity contribution in [2.45, 2.75) is 6.92 Å². The van der Waals surface area contributed by atoms with Crippen LogP contribution in [0.15, 0.2) is 23.4 Å². The van der Waals surface area contributed by atoms with E-state index in [1.165, 1.54) is 18.2 Å². The molecule has 1 aromatic rings. The maximum Gasteiger partial charge on any atom is 0.163 e. The number of nitrogens with one attached hydrogen (secondary N) is 1. The maximum absolute atomic E-state index is 13.7. The summed E-state index contributed by atoms with van der Waals surface area (Å²) in [6, 6.07) is 6.29. The zero-order chi connectivity index (χ0) is 15.1. The van der Waals surface area contributed by atoms with E-state index in [0.717, 1.165) is 12.1 Å². The molecule has 0 unspecified atom stereocenters. The molecule has 0 saturated heterocycles. The fourth-order valence-electron chi connectivity index (χ4n) is 1.33. The van der Waals surface area contributed by atoms with E-state index in [2.05, 4.69) is 5.32 Å². The summed E-state index contributed by atoms with van der Waals surface area (Å²) in [7, 11) is 0. The lowest BCUT2D eigenvalue weighted by Gasteiger charge is -2.10. The quantitative estimate of drug-likeness (QED) is 0.852. The highest BCUT2D eigenvalue weighted by Gasteiger charge is 2.15. The first-order valence-corrected chi connectivity index (χ1v) is 5.40. The molecule has 0 amide bonds. The van der Waals surface area contributed by atoms with Crippen molar-refractivity contribution in [2.24, 2.45) is 0 Å². The van der Waals surface area contributed by atoms with Gasteiger partial charge >= 0.3 is 0 Å². The lowest BCUT2D eigenvalue weighted by atomic mass is 10.2. The number of hydrogen-bond donors (Lipinski definition) is 1. The average Bonchev–Trinajstić information content (AvgIpc) is 2.42. The minimum atomic E-state index is -1.00. The van der Waals surface area contributed by atoms with Crippen molar-refractivity contribution in [1.82, 2.24) is 0 Å². The predicted molar refractivity (Wildman–Crippen MR) is 65.0 cm³/mol. The molecule has 1 N–H and O–H groups in total. The fourth-order valence-corrected chi connectivity index (χ4v) is 1.33. The number of ether oxygens (including phenoxy) is 1. The van der Waals surface area contributed by atoms with Gasteiger partial charge < -0.3 is 10.1 Å². The van der Waals surface area contributed by atoms with Gasteiger partial charge in [0.15, 0.2) is 17.2 Å². The highest BCUT2D eigenvalue weighted by Crippen LogP contribution is 2.26. The summed E-state index contributed by atoms with van der Waals surface area (Å²) in [6.45, 7) is 1.90. The summed E-state index contributed by atoms with van der Waals surface area (Å²) in [6.07, 6.45) is 0. The Morgan fingerprint density at radius 2 is 1.70 bits per heavy atom. The van der Waals surface area contributed by atoms with E-state index in [4.69, 9.17) is 20.5 Å². The van der Waals surface area contributed by atoms with Crippen LogP contribution in [-0.4, -0.2) is 6.61 Å². The van der Waals surface area contributed by atoms with Crippen LogP contribution >= 0.6 is 0 Å². The largest absolute Gasteiger partial charge is 0.494 e. The number of halogens is 2. The number of anilines is 1. The predicted octanol–water partition coefficient (Wildman–Crippen LogP) is 2.60. The van der Waals surface area contributed by atoms with Crippen molar-refractivity contribution in [3.63, 3.8) is 0 Å². The van der Waals surface area contributed by atoms with Gasteiger partial charge in [0.05, 0.1) is 6.61 Å². The third-order valence-corrected chi connectivity index (χ3v) is 2.16. The van der Waals surface area contributed by atoms with Crippen molar-refractivity contribution in [1.29, 1.82) is 15.8 Å². The van der Waals surface area contributed by atoms with Crippen LogP contribution in [0.2, 0.25) is 0 Å². The molecule has 100 valence electrons. The van der Waals surface area contributed by atoms with Crippen molar-refractivity contribution < 1.29 is 13.5 Å². The lowest BCUT2D eigenvalue weighted by molar-refractivity contribution is 0.336. The third kappa shape index (κ3) is 3.22. The molecular weight excluding hydrogens is 266 g/mol. The normalized spacial score (nSPS) is 8.80. The Bertz CT molecular complexity index is 638. The molecule has 1 rings (SSSR count). The van der Waals surface area contributed by atoms with Gasteiger partial charge in [0, 0.05) is 12.1 Å². The molecule has 7 heteroatoms. The number of benzene rings is 1. The van der Waals surface area contributed by atoms with Crippen molar-refractivity contribution in [2.75, 3.05) is 11.9 Å². The standard InChI is InChI=1S/C13H8F2N4O/c1-2-20-9-3-10(14)13(11(15)4-9)19-12(7-18)8(5-16)6-17/h3-4,19H,2H2,1H3. The molecule has 0 heterocycles. The number of nitrogens with zero attached hydrogens (tertiary/aromatic N) is 3. The minimum absolute atomic E-state index is 0.00340. The SMILES string of the molecule is CCOc1cc(F)c(NC(C#N)=C(C#N)C#N)c(F)c1. The molecule has 0 aliphatic carbocycles. The fraction of sp³-hybridized carbons (Fsp3) is 0.154. The van der Waals surface area contributed by atoms with E-state index in [0.29, 0.717) is 0 Å². The Labute approximate surface area is 113 Å². The topological polar surface area (TPSA) is 92.6 Å². The Morgan fingerprint density at radius 1 is 1.15 bits per heavy atom. The highest BCUT2D eigenvalue weighted by atomic mass is 19.1. The van der Waals surface area contributed by atoms with Gasteiger partial charge in [-0.2, -0.15) is 15.8 Å². The van der Waals surface area contributed by atoms with Crippen LogP contribution in [0.5, 0.6) is 5.75 Å². The van der Waals surface area contributed by atoms with Crippen LogP contribution in [0.1, 0.15) is 6.92 Å². The molecular formula is C13H8F2N4O. The van der Waals surface area contributed by atoms with E-state index in [-0.39, 0.29) is 12.4 Å². The number of nitriles is 3. The van der Waals surface area contributed by atoms with Crippen LogP contribution in [0.25, 0.3) is 0 Å². The monoisotopic (exact) mass is 274 g/mol. The van der Waals surface area contributed by atoms with Crippen LogP contribution in [0.4, 0.5) is 14.5 Å². The molecule has 0 bridgehead atoms. The molecule has 0 spiro atoms. The van der Waals surface area contributed by atoms with Crippen molar-refractivity contribution in [3.05, 3.63) is 35.0 Å². The number of allylic oxidation sites excluding steroid dienone is 2.